The van der Waals surface area contributed by atoms with Gasteiger partial charge in [0.1, 0.15) is 0 Å². The molecule has 0 unspecified atom stereocenters. The molecule has 2 aromatic heterocycles. The Hall–Kier alpha value is -4.62. The molecule has 6 aromatic carbocycles. The summed E-state index contributed by atoms with van der Waals surface area (Å²) in [5, 5.41) is 7.97. The van der Waals surface area contributed by atoms with Crippen molar-refractivity contribution >= 4 is 48.9 Å². The number of benzene rings is 6. The lowest BCUT2D eigenvalue weighted by Crippen LogP contribution is -2.15. The van der Waals surface area contributed by atoms with Gasteiger partial charge in [-0.1, -0.05) is 105 Å². The first-order chi connectivity index (χ1) is 18.6. The summed E-state index contributed by atoms with van der Waals surface area (Å²) < 4.78 is 2.46. The second kappa shape index (κ2) is 6.82. The fraction of sp³-hybridized carbons (Fsp3) is 0.0811. The molecule has 0 spiro atoms. The zero-order chi connectivity index (χ0) is 25.2. The maximum Gasteiger partial charge on any atom is 0.0620 e. The maximum absolute atomic E-state index is 2.48. The molecule has 38 heavy (non-hydrogen) atoms. The van der Waals surface area contributed by atoms with Crippen molar-refractivity contribution in [2.24, 2.45) is 0 Å². The SMILES string of the molecule is CC1(C)c2ccccc2-c2c1cc(-c1ccc3c(c1)c1cccc4c5ccccc5n3c41)c1ccccc21. The Morgan fingerprint density at radius 1 is 0.474 bits per heavy atom. The fourth-order valence-electron chi connectivity index (χ4n) is 7.39. The van der Waals surface area contributed by atoms with E-state index in [0.29, 0.717) is 0 Å². The van der Waals surface area contributed by atoms with Crippen molar-refractivity contribution in [3.05, 3.63) is 126 Å². The van der Waals surface area contributed by atoms with Crippen LogP contribution in [0.15, 0.2) is 115 Å². The molecule has 1 nitrogen and oxygen atoms in total. The minimum Gasteiger partial charge on any atom is -0.308 e. The predicted molar refractivity (Wildman–Crippen MR) is 162 cm³/mol. The van der Waals surface area contributed by atoms with Crippen LogP contribution in [0.3, 0.4) is 0 Å². The number of aromatic nitrogens is 1. The summed E-state index contributed by atoms with van der Waals surface area (Å²) in [6.07, 6.45) is 0. The highest BCUT2D eigenvalue weighted by molar-refractivity contribution is 6.23. The van der Waals surface area contributed by atoms with E-state index in [-0.39, 0.29) is 5.41 Å². The third-order valence-electron chi connectivity index (χ3n) is 9.12. The molecule has 0 saturated heterocycles. The van der Waals surface area contributed by atoms with Crippen LogP contribution in [0.4, 0.5) is 0 Å². The van der Waals surface area contributed by atoms with Crippen molar-refractivity contribution in [2.75, 3.05) is 0 Å². The van der Waals surface area contributed by atoms with Gasteiger partial charge >= 0.3 is 0 Å². The summed E-state index contributed by atoms with van der Waals surface area (Å²) in [4.78, 5) is 0. The van der Waals surface area contributed by atoms with E-state index in [2.05, 4.69) is 134 Å². The summed E-state index contributed by atoms with van der Waals surface area (Å²) in [6, 6.07) is 43.0. The first kappa shape index (κ1) is 20.4. The Morgan fingerprint density at radius 3 is 2.00 bits per heavy atom. The Morgan fingerprint density at radius 2 is 1.13 bits per heavy atom. The third kappa shape index (κ3) is 2.33. The van der Waals surface area contributed by atoms with Gasteiger partial charge in [-0.05, 0) is 68.4 Å². The van der Waals surface area contributed by atoms with E-state index < -0.39 is 0 Å². The number of fused-ring (bicyclic) bond motifs is 11. The summed E-state index contributed by atoms with van der Waals surface area (Å²) in [5.74, 6) is 0. The van der Waals surface area contributed by atoms with E-state index >= 15 is 0 Å². The van der Waals surface area contributed by atoms with Crippen molar-refractivity contribution in [2.45, 2.75) is 19.3 Å². The van der Waals surface area contributed by atoms with Gasteiger partial charge in [-0.15, -0.1) is 0 Å². The first-order valence-electron chi connectivity index (χ1n) is 13.5. The van der Waals surface area contributed by atoms with E-state index in [1.54, 1.807) is 0 Å². The van der Waals surface area contributed by atoms with Gasteiger partial charge in [0.15, 0.2) is 0 Å². The molecule has 9 rings (SSSR count). The molecule has 8 aromatic rings. The average Bonchev–Trinajstić information content (AvgIpc) is 3.55. The fourth-order valence-corrected chi connectivity index (χ4v) is 7.39. The maximum atomic E-state index is 2.48. The highest BCUT2D eigenvalue weighted by Crippen LogP contribution is 2.53. The van der Waals surface area contributed by atoms with Crippen molar-refractivity contribution in [3.8, 4) is 22.3 Å². The number of hydrogen-bond acceptors (Lipinski definition) is 0. The summed E-state index contributed by atoms with van der Waals surface area (Å²) in [6.45, 7) is 4.75. The number of rotatable bonds is 1. The van der Waals surface area contributed by atoms with Crippen LogP contribution in [0, 0.1) is 0 Å². The van der Waals surface area contributed by atoms with Crippen molar-refractivity contribution in [1.29, 1.82) is 0 Å². The predicted octanol–water partition coefficient (Wildman–Crippen LogP) is 9.96. The molecule has 0 amide bonds. The first-order valence-corrected chi connectivity index (χ1v) is 13.5. The molecule has 178 valence electrons. The molecule has 1 aliphatic carbocycles. The lowest BCUT2D eigenvalue weighted by atomic mass is 9.80. The van der Waals surface area contributed by atoms with Crippen LogP contribution in [0.2, 0.25) is 0 Å². The van der Waals surface area contributed by atoms with Gasteiger partial charge in [0.05, 0.1) is 16.6 Å². The Bertz CT molecular complexity index is 2260. The largest absolute Gasteiger partial charge is 0.308 e. The minimum atomic E-state index is -0.0374. The lowest BCUT2D eigenvalue weighted by Gasteiger charge is -2.23. The summed E-state index contributed by atoms with van der Waals surface area (Å²) in [7, 11) is 0. The molecule has 0 atom stereocenters. The number of nitrogens with zero attached hydrogens (tertiary/aromatic N) is 1. The Kier molecular flexibility index (Phi) is 3.67. The lowest BCUT2D eigenvalue weighted by molar-refractivity contribution is 0.661. The van der Waals surface area contributed by atoms with Crippen molar-refractivity contribution in [1.82, 2.24) is 4.40 Å². The van der Waals surface area contributed by atoms with Gasteiger partial charge in [-0.2, -0.15) is 0 Å². The number of para-hydroxylation sites is 2. The molecular formula is C37H25N. The Labute approximate surface area is 220 Å². The van der Waals surface area contributed by atoms with Crippen LogP contribution < -0.4 is 0 Å². The van der Waals surface area contributed by atoms with E-state index in [9.17, 15) is 0 Å². The minimum absolute atomic E-state index is 0.0374. The highest BCUT2D eigenvalue weighted by Gasteiger charge is 2.37. The van der Waals surface area contributed by atoms with E-state index in [1.807, 2.05) is 0 Å². The van der Waals surface area contributed by atoms with Crippen molar-refractivity contribution in [3.63, 3.8) is 0 Å². The molecule has 0 saturated carbocycles. The van der Waals surface area contributed by atoms with Crippen LogP contribution >= 0.6 is 0 Å². The zero-order valence-electron chi connectivity index (χ0n) is 21.4. The summed E-state index contributed by atoms with van der Waals surface area (Å²) >= 11 is 0. The topological polar surface area (TPSA) is 4.41 Å². The van der Waals surface area contributed by atoms with E-state index in [4.69, 9.17) is 0 Å². The van der Waals surface area contributed by atoms with Crippen LogP contribution in [-0.4, -0.2) is 4.40 Å². The van der Waals surface area contributed by atoms with Gasteiger partial charge in [-0.3, -0.25) is 0 Å². The second-order valence-electron chi connectivity index (χ2n) is 11.3. The van der Waals surface area contributed by atoms with Gasteiger partial charge in [0, 0.05) is 27.0 Å². The van der Waals surface area contributed by atoms with Crippen molar-refractivity contribution < 1.29 is 0 Å². The zero-order valence-corrected chi connectivity index (χ0v) is 21.4. The smallest absolute Gasteiger partial charge is 0.0620 e. The average molecular weight is 484 g/mol. The quantitative estimate of drug-likeness (QED) is 0.219. The Balaban J connectivity index is 1.38. The van der Waals surface area contributed by atoms with Gasteiger partial charge < -0.3 is 4.40 Å². The highest BCUT2D eigenvalue weighted by atomic mass is 14.9. The van der Waals surface area contributed by atoms with E-state index in [1.165, 1.54) is 82.2 Å². The van der Waals surface area contributed by atoms with Gasteiger partial charge in [-0.25, -0.2) is 0 Å². The second-order valence-corrected chi connectivity index (χ2v) is 11.3. The normalized spacial score (nSPS) is 14.3. The standard InChI is InChI=1S/C37H25N/c1-37(2)31-16-7-5-13-28(31)35-25-12-4-3-10-23(25)29(21-32(35)37)22-18-19-34-30(20-22)27-15-9-14-26-24-11-6-8-17-33(24)38(34)36(26)27/h3-21H,1-2H3. The molecule has 0 radical (unpaired) electrons. The third-order valence-corrected chi connectivity index (χ3v) is 9.12. The molecule has 0 bridgehead atoms. The molecule has 1 aliphatic rings. The van der Waals surface area contributed by atoms with Crippen LogP contribution in [0.5, 0.6) is 0 Å². The number of hydrogen-bond donors (Lipinski definition) is 0. The molecular weight excluding hydrogens is 458 g/mol. The monoisotopic (exact) mass is 483 g/mol. The molecule has 1 heteroatoms. The molecule has 2 heterocycles. The molecule has 0 fully saturated rings. The van der Waals surface area contributed by atoms with Crippen LogP contribution in [0.25, 0.3) is 71.1 Å². The summed E-state index contributed by atoms with van der Waals surface area (Å²) in [5.41, 5.74) is 12.1. The van der Waals surface area contributed by atoms with Crippen LogP contribution in [0.1, 0.15) is 25.0 Å². The van der Waals surface area contributed by atoms with Crippen LogP contribution in [-0.2, 0) is 5.41 Å². The van der Waals surface area contributed by atoms with Gasteiger partial charge in [0.25, 0.3) is 0 Å². The van der Waals surface area contributed by atoms with E-state index in [0.717, 1.165) is 0 Å². The molecule has 0 N–H and O–H groups in total. The van der Waals surface area contributed by atoms with Gasteiger partial charge in [0.2, 0.25) is 0 Å². The molecule has 0 aliphatic heterocycles.